The van der Waals surface area contributed by atoms with Crippen molar-refractivity contribution in [2.75, 3.05) is 13.1 Å². The molecule has 1 amide bonds. The zero-order chi connectivity index (χ0) is 9.68. The molecule has 0 bridgehead atoms. The van der Waals surface area contributed by atoms with Gasteiger partial charge in [0.15, 0.2) is 0 Å². The molecule has 0 spiro atoms. The molecule has 1 aliphatic heterocycles. The standard InChI is InChI=1S/C8H14F2N2O/c9-7(10)5-12-6-3-1-2-4-11-8(6)13/h6-7,12H,1-5H2,(H,11,13). The first kappa shape index (κ1) is 10.4. The van der Waals surface area contributed by atoms with E-state index in [0.717, 1.165) is 12.8 Å². The topological polar surface area (TPSA) is 41.1 Å². The predicted octanol–water partition coefficient (Wildman–Crippen LogP) is 0.510. The average Bonchev–Trinajstić information content (AvgIpc) is 2.27. The third-order valence-electron chi connectivity index (χ3n) is 2.05. The monoisotopic (exact) mass is 192 g/mol. The molecule has 3 nitrogen and oxygen atoms in total. The maximum Gasteiger partial charge on any atom is 0.250 e. The van der Waals surface area contributed by atoms with Crippen molar-refractivity contribution in [1.82, 2.24) is 10.6 Å². The van der Waals surface area contributed by atoms with Crippen molar-refractivity contribution in [3.05, 3.63) is 0 Å². The Labute approximate surface area is 75.9 Å². The molecule has 1 aliphatic rings. The smallest absolute Gasteiger partial charge is 0.250 e. The average molecular weight is 192 g/mol. The van der Waals surface area contributed by atoms with E-state index in [9.17, 15) is 13.6 Å². The Balaban J connectivity index is 2.32. The predicted molar refractivity (Wildman–Crippen MR) is 44.7 cm³/mol. The highest BCUT2D eigenvalue weighted by atomic mass is 19.3. The van der Waals surface area contributed by atoms with Crippen LogP contribution in [0.15, 0.2) is 0 Å². The van der Waals surface area contributed by atoms with Gasteiger partial charge in [0.1, 0.15) is 0 Å². The lowest BCUT2D eigenvalue weighted by atomic mass is 10.1. The van der Waals surface area contributed by atoms with E-state index in [1.165, 1.54) is 0 Å². The molecule has 1 heterocycles. The van der Waals surface area contributed by atoms with Gasteiger partial charge in [0.2, 0.25) is 5.91 Å². The first-order chi connectivity index (χ1) is 6.20. The van der Waals surface area contributed by atoms with Gasteiger partial charge in [0, 0.05) is 6.54 Å². The highest BCUT2D eigenvalue weighted by molar-refractivity contribution is 5.81. The fourth-order valence-electron chi connectivity index (χ4n) is 1.37. The van der Waals surface area contributed by atoms with Crippen LogP contribution in [0.4, 0.5) is 8.78 Å². The molecule has 0 aliphatic carbocycles. The van der Waals surface area contributed by atoms with Crippen LogP contribution >= 0.6 is 0 Å². The van der Waals surface area contributed by atoms with Gasteiger partial charge in [-0.3, -0.25) is 4.79 Å². The van der Waals surface area contributed by atoms with Gasteiger partial charge in [-0.25, -0.2) is 8.78 Å². The number of amides is 1. The zero-order valence-electron chi connectivity index (χ0n) is 7.35. The normalized spacial score (nSPS) is 24.2. The summed E-state index contributed by atoms with van der Waals surface area (Å²) in [6.45, 7) is 0.254. The molecule has 5 heteroatoms. The molecular weight excluding hydrogens is 178 g/mol. The van der Waals surface area contributed by atoms with Crippen LogP contribution in [0.3, 0.4) is 0 Å². The number of carbonyl (C=O) groups excluding carboxylic acids is 1. The van der Waals surface area contributed by atoms with E-state index in [4.69, 9.17) is 0 Å². The lowest BCUT2D eigenvalue weighted by Gasteiger charge is -2.14. The van der Waals surface area contributed by atoms with Crippen LogP contribution in [0.5, 0.6) is 0 Å². The number of hydrogen-bond donors (Lipinski definition) is 2. The lowest BCUT2D eigenvalue weighted by molar-refractivity contribution is -0.122. The quantitative estimate of drug-likeness (QED) is 0.684. The second-order valence-corrected chi connectivity index (χ2v) is 3.14. The zero-order valence-corrected chi connectivity index (χ0v) is 7.35. The number of nitrogens with one attached hydrogen (secondary N) is 2. The molecule has 1 rings (SSSR count). The van der Waals surface area contributed by atoms with Crippen molar-refractivity contribution in [1.29, 1.82) is 0 Å². The van der Waals surface area contributed by atoms with Crippen LogP contribution in [0.1, 0.15) is 19.3 Å². The molecule has 1 fully saturated rings. The Bertz CT molecular complexity index is 176. The van der Waals surface area contributed by atoms with E-state index in [1.807, 2.05) is 0 Å². The number of rotatable bonds is 3. The molecule has 2 N–H and O–H groups in total. The van der Waals surface area contributed by atoms with Gasteiger partial charge in [-0.05, 0) is 19.3 Å². The molecule has 0 saturated carbocycles. The molecule has 0 aromatic carbocycles. The summed E-state index contributed by atoms with van der Waals surface area (Å²) in [5.41, 5.74) is 0. The van der Waals surface area contributed by atoms with Gasteiger partial charge in [-0.1, -0.05) is 0 Å². The Hall–Kier alpha value is -0.710. The number of carbonyl (C=O) groups is 1. The lowest BCUT2D eigenvalue weighted by Crippen LogP contribution is -2.44. The van der Waals surface area contributed by atoms with Crippen molar-refractivity contribution in [2.24, 2.45) is 0 Å². The Morgan fingerprint density at radius 1 is 1.54 bits per heavy atom. The van der Waals surface area contributed by atoms with Gasteiger partial charge in [0.05, 0.1) is 12.6 Å². The van der Waals surface area contributed by atoms with Gasteiger partial charge in [-0.2, -0.15) is 0 Å². The summed E-state index contributed by atoms with van der Waals surface area (Å²) in [6.07, 6.45) is 0.0904. The summed E-state index contributed by atoms with van der Waals surface area (Å²) in [7, 11) is 0. The fraction of sp³-hybridized carbons (Fsp3) is 0.875. The van der Waals surface area contributed by atoms with Gasteiger partial charge in [-0.15, -0.1) is 0 Å². The molecule has 13 heavy (non-hydrogen) atoms. The SMILES string of the molecule is O=C1NCCCCC1NCC(F)F. The minimum atomic E-state index is -2.39. The van der Waals surface area contributed by atoms with E-state index >= 15 is 0 Å². The van der Waals surface area contributed by atoms with Crippen molar-refractivity contribution < 1.29 is 13.6 Å². The summed E-state index contributed by atoms with van der Waals surface area (Å²) < 4.78 is 23.6. The minimum absolute atomic E-state index is 0.154. The number of hydrogen-bond acceptors (Lipinski definition) is 2. The molecule has 1 saturated heterocycles. The summed E-state index contributed by atoms with van der Waals surface area (Å²) in [5, 5.41) is 5.22. The van der Waals surface area contributed by atoms with Crippen LogP contribution in [0.2, 0.25) is 0 Å². The fourth-order valence-corrected chi connectivity index (χ4v) is 1.37. The van der Waals surface area contributed by atoms with Gasteiger partial charge < -0.3 is 10.6 Å². The van der Waals surface area contributed by atoms with Gasteiger partial charge >= 0.3 is 0 Å². The molecule has 1 unspecified atom stereocenters. The van der Waals surface area contributed by atoms with Crippen molar-refractivity contribution in [2.45, 2.75) is 31.7 Å². The Morgan fingerprint density at radius 2 is 2.31 bits per heavy atom. The van der Waals surface area contributed by atoms with E-state index in [-0.39, 0.29) is 5.91 Å². The summed E-state index contributed by atoms with van der Waals surface area (Å²) in [4.78, 5) is 11.2. The summed E-state index contributed by atoms with van der Waals surface area (Å²) >= 11 is 0. The molecule has 0 aromatic rings. The molecule has 0 aromatic heterocycles. The second-order valence-electron chi connectivity index (χ2n) is 3.14. The van der Waals surface area contributed by atoms with Crippen LogP contribution in [-0.2, 0) is 4.79 Å². The Morgan fingerprint density at radius 3 is 3.00 bits per heavy atom. The van der Waals surface area contributed by atoms with E-state index in [2.05, 4.69) is 10.6 Å². The largest absolute Gasteiger partial charge is 0.355 e. The third-order valence-corrected chi connectivity index (χ3v) is 2.05. The van der Waals surface area contributed by atoms with Crippen LogP contribution in [0, 0.1) is 0 Å². The van der Waals surface area contributed by atoms with Crippen molar-refractivity contribution in [3.63, 3.8) is 0 Å². The maximum atomic E-state index is 11.8. The van der Waals surface area contributed by atoms with Crippen LogP contribution in [-0.4, -0.2) is 31.5 Å². The van der Waals surface area contributed by atoms with E-state index in [1.54, 1.807) is 0 Å². The van der Waals surface area contributed by atoms with Crippen molar-refractivity contribution >= 4 is 5.91 Å². The van der Waals surface area contributed by atoms with E-state index < -0.39 is 19.0 Å². The number of alkyl halides is 2. The van der Waals surface area contributed by atoms with Crippen LogP contribution < -0.4 is 10.6 Å². The summed E-state index contributed by atoms with van der Waals surface area (Å²) in [5.74, 6) is -0.154. The molecule has 1 atom stereocenters. The highest BCUT2D eigenvalue weighted by Gasteiger charge is 2.20. The van der Waals surface area contributed by atoms with E-state index in [0.29, 0.717) is 13.0 Å². The molecular formula is C8H14F2N2O. The highest BCUT2D eigenvalue weighted by Crippen LogP contribution is 2.05. The van der Waals surface area contributed by atoms with Crippen LogP contribution in [0.25, 0.3) is 0 Å². The Kier molecular flexibility index (Phi) is 4.08. The number of halogens is 2. The van der Waals surface area contributed by atoms with Crippen molar-refractivity contribution in [3.8, 4) is 0 Å². The first-order valence-corrected chi connectivity index (χ1v) is 4.49. The van der Waals surface area contributed by atoms with Gasteiger partial charge in [0.25, 0.3) is 6.43 Å². The minimum Gasteiger partial charge on any atom is -0.355 e. The first-order valence-electron chi connectivity index (χ1n) is 4.49. The second kappa shape index (κ2) is 5.11. The summed E-state index contributed by atoms with van der Waals surface area (Å²) in [6, 6.07) is -0.434. The maximum absolute atomic E-state index is 11.8. The molecule has 0 radical (unpaired) electrons. The third kappa shape index (κ3) is 3.67. The molecule has 76 valence electrons.